The van der Waals surface area contributed by atoms with Gasteiger partial charge in [-0.3, -0.25) is 4.79 Å². The van der Waals surface area contributed by atoms with E-state index in [0.717, 1.165) is 16.3 Å². The van der Waals surface area contributed by atoms with Gasteiger partial charge in [-0.05, 0) is 23.8 Å². The highest BCUT2D eigenvalue weighted by molar-refractivity contribution is 7.10. The Balaban J connectivity index is 1.97. The monoisotopic (exact) mass is 294 g/mol. The minimum atomic E-state index is 0.0347. The molecule has 0 radical (unpaired) electrons. The molecule has 0 spiro atoms. The van der Waals surface area contributed by atoms with Crippen LogP contribution in [-0.4, -0.2) is 10.9 Å². The molecule has 3 nitrogen and oxygen atoms in total. The van der Waals surface area contributed by atoms with E-state index in [4.69, 9.17) is 0 Å². The van der Waals surface area contributed by atoms with Crippen molar-refractivity contribution in [2.75, 3.05) is 0 Å². The van der Waals surface area contributed by atoms with Crippen LogP contribution in [0.5, 0.6) is 0 Å². The zero-order chi connectivity index (χ0) is 13.7. The third-order valence-corrected chi connectivity index (χ3v) is 4.47. The van der Waals surface area contributed by atoms with Gasteiger partial charge in [0.1, 0.15) is 5.01 Å². The number of hydrogen-bond donors (Lipinski definition) is 1. The van der Waals surface area contributed by atoms with E-state index in [9.17, 15) is 4.79 Å². The molecule has 2 rings (SSSR count). The molecule has 0 bridgehead atoms. The first-order valence-electron chi connectivity index (χ1n) is 6.36. The second kappa shape index (κ2) is 6.82. The normalized spacial score (nSPS) is 12.6. The topological polar surface area (TPSA) is 42.0 Å². The van der Waals surface area contributed by atoms with Crippen molar-refractivity contribution in [3.8, 4) is 0 Å². The van der Waals surface area contributed by atoms with Crippen LogP contribution in [0.3, 0.4) is 0 Å². The lowest BCUT2D eigenvalue weighted by atomic mass is 10.0. The first-order valence-corrected chi connectivity index (χ1v) is 8.12. The van der Waals surface area contributed by atoms with Gasteiger partial charge < -0.3 is 5.32 Å². The van der Waals surface area contributed by atoms with Crippen molar-refractivity contribution in [2.45, 2.75) is 32.7 Å². The predicted octanol–water partition coefficient (Wildman–Crippen LogP) is 3.65. The molecule has 102 valence electrons. The molecule has 1 unspecified atom stereocenters. The largest absolute Gasteiger partial charge is 0.347 e. The number of carbonyl (C=O) groups excluding carboxylic acids is 1. The molecule has 1 atom stereocenters. The van der Waals surface area contributed by atoms with Crippen LogP contribution in [-0.2, 0) is 11.2 Å². The molecule has 0 aliphatic rings. The van der Waals surface area contributed by atoms with E-state index >= 15 is 0 Å². The number of rotatable bonds is 6. The van der Waals surface area contributed by atoms with Crippen LogP contribution in [0.15, 0.2) is 29.1 Å². The molecule has 2 aromatic heterocycles. The molecular formula is C14H18N2OS2. The summed E-state index contributed by atoms with van der Waals surface area (Å²) in [6.07, 6.45) is 3.17. The number of amides is 1. The van der Waals surface area contributed by atoms with Crippen LogP contribution in [0.4, 0.5) is 0 Å². The molecule has 0 aromatic carbocycles. The molecule has 0 saturated carbocycles. The Morgan fingerprint density at radius 2 is 2.21 bits per heavy atom. The Morgan fingerprint density at radius 3 is 2.79 bits per heavy atom. The second-order valence-electron chi connectivity index (χ2n) is 4.88. The number of thiazole rings is 1. The number of carbonyl (C=O) groups is 1. The number of nitrogens with one attached hydrogen (secondary N) is 1. The van der Waals surface area contributed by atoms with Gasteiger partial charge in [0.2, 0.25) is 5.91 Å². The molecule has 5 heteroatoms. The molecule has 19 heavy (non-hydrogen) atoms. The Labute approximate surface area is 121 Å². The van der Waals surface area contributed by atoms with Gasteiger partial charge >= 0.3 is 0 Å². The lowest BCUT2D eigenvalue weighted by molar-refractivity contribution is -0.121. The lowest BCUT2D eigenvalue weighted by Gasteiger charge is -2.18. The van der Waals surface area contributed by atoms with Gasteiger partial charge in [0, 0.05) is 16.5 Å². The van der Waals surface area contributed by atoms with Crippen LogP contribution >= 0.6 is 22.7 Å². The number of thiophene rings is 1. The van der Waals surface area contributed by atoms with Crippen LogP contribution in [0.25, 0.3) is 0 Å². The maximum absolute atomic E-state index is 12.1. The Hall–Kier alpha value is -1.20. The highest BCUT2D eigenvalue weighted by Crippen LogP contribution is 2.23. The number of aromatic nitrogens is 1. The number of hydrogen-bond acceptors (Lipinski definition) is 4. The average Bonchev–Trinajstić information content (AvgIpc) is 2.99. The fourth-order valence-electron chi connectivity index (χ4n) is 1.92. The fraction of sp³-hybridized carbons (Fsp3) is 0.429. The molecule has 0 fully saturated rings. The molecular weight excluding hydrogens is 276 g/mol. The minimum Gasteiger partial charge on any atom is -0.347 e. The Morgan fingerprint density at radius 1 is 1.37 bits per heavy atom. The van der Waals surface area contributed by atoms with Gasteiger partial charge in [0.15, 0.2) is 0 Å². The summed E-state index contributed by atoms with van der Waals surface area (Å²) < 4.78 is 0. The lowest BCUT2D eigenvalue weighted by Crippen LogP contribution is -2.30. The Bertz CT molecular complexity index is 492. The molecule has 0 saturated heterocycles. The molecule has 1 amide bonds. The van der Waals surface area contributed by atoms with Crippen molar-refractivity contribution in [1.82, 2.24) is 10.3 Å². The van der Waals surface area contributed by atoms with Crippen molar-refractivity contribution in [3.63, 3.8) is 0 Å². The molecule has 2 aromatic rings. The van der Waals surface area contributed by atoms with E-state index in [0.29, 0.717) is 12.3 Å². The van der Waals surface area contributed by atoms with Gasteiger partial charge in [-0.15, -0.1) is 22.7 Å². The second-order valence-corrected chi connectivity index (χ2v) is 6.83. The average molecular weight is 294 g/mol. The summed E-state index contributed by atoms with van der Waals surface area (Å²) in [5.41, 5.74) is 0. The van der Waals surface area contributed by atoms with Crippen molar-refractivity contribution < 1.29 is 4.79 Å². The smallest absolute Gasteiger partial charge is 0.225 e. The third kappa shape index (κ3) is 4.44. The van der Waals surface area contributed by atoms with Gasteiger partial charge in [0.05, 0.1) is 12.5 Å². The maximum atomic E-state index is 12.1. The number of nitrogens with zero attached hydrogens (tertiary/aromatic N) is 1. The van der Waals surface area contributed by atoms with Crippen LogP contribution in [0, 0.1) is 5.92 Å². The quantitative estimate of drug-likeness (QED) is 0.883. The summed E-state index contributed by atoms with van der Waals surface area (Å²) in [7, 11) is 0. The molecule has 2 heterocycles. The zero-order valence-electron chi connectivity index (χ0n) is 11.1. The van der Waals surface area contributed by atoms with E-state index in [-0.39, 0.29) is 11.9 Å². The summed E-state index contributed by atoms with van der Waals surface area (Å²) in [5.74, 6) is 0.597. The highest BCUT2D eigenvalue weighted by Gasteiger charge is 2.18. The zero-order valence-corrected chi connectivity index (χ0v) is 12.8. The van der Waals surface area contributed by atoms with Crippen molar-refractivity contribution >= 4 is 28.6 Å². The first kappa shape index (κ1) is 14.2. The highest BCUT2D eigenvalue weighted by atomic mass is 32.1. The van der Waals surface area contributed by atoms with E-state index < -0.39 is 0 Å². The van der Waals surface area contributed by atoms with Gasteiger partial charge in [0.25, 0.3) is 0 Å². The van der Waals surface area contributed by atoms with Crippen molar-refractivity contribution in [1.29, 1.82) is 0 Å². The summed E-state index contributed by atoms with van der Waals surface area (Å²) >= 11 is 3.22. The first-order chi connectivity index (χ1) is 9.15. The summed E-state index contributed by atoms with van der Waals surface area (Å²) in [6.45, 7) is 4.32. The predicted molar refractivity (Wildman–Crippen MR) is 80.5 cm³/mol. The maximum Gasteiger partial charge on any atom is 0.225 e. The fourth-order valence-corrected chi connectivity index (χ4v) is 3.32. The standard InChI is InChI=1S/C14H18N2OS2/c1-10(2)8-12(14-15-5-7-19-14)16-13(17)9-11-4-3-6-18-11/h3-7,10,12H,8-9H2,1-2H3,(H,16,17). The van der Waals surface area contributed by atoms with Crippen LogP contribution in [0.2, 0.25) is 0 Å². The van der Waals surface area contributed by atoms with E-state index in [1.54, 1.807) is 28.9 Å². The summed E-state index contributed by atoms with van der Waals surface area (Å²) in [5, 5.41) is 8.05. The van der Waals surface area contributed by atoms with Gasteiger partial charge in [-0.1, -0.05) is 19.9 Å². The van der Waals surface area contributed by atoms with Gasteiger partial charge in [-0.2, -0.15) is 0 Å². The van der Waals surface area contributed by atoms with E-state index in [2.05, 4.69) is 24.1 Å². The summed E-state index contributed by atoms with van der Waals surface area (Å²) in [4.78, 5) is 17.5. The molecule has 0 aliphatic heterocycles. The van der Waals surface area contributed by atoms with Crippen LogP contribution < -0.4 is 5.32 Å². The summed E-state index contributed by atoms with van der Waals surface area (Å²) in [6, 6.07) is 4.00. The van der Waals surface area contributed by atoms with Crippen molar-refractivity contribution in [3.05, 3.63) is 39.0 Å². The van der Waals surface area contributed by atoms with E-state index in [1.807, 2.05) is 22.9 Å². The van der Waals surface area contributed by atoms with Crippen molar-refractivity contribution in [2.24, 2.45) is 5.92 Å². The minimum absolute atomic E-state index is 0.0347. The van der Waals surface area contributed by atoms with E-state index in [1.165, 1.54) is 0 Å². The van der Waals surface area contributed by atoms with Crippen LogP contribution in [0.1, 0.15) is 36.2 Å². The SMILES string of the molecule is CC(C)CC(NC(=O)Cc1cccs1)c1nccs1. The Kier molecular flexibility index (Phi) is 5.10. The van der Waals surface area contributed by atoms with Gasteiger partial charge in [-0.25, -0.2) is 4.98 Å². The third-order valence-electron chi connectivity index (χ3n) is 2.71. The molecule has 1 N–H and O–H groups in total. The molecule has 0 aliphatic carbocycles.